The highest BCUT2D eigenvalue weighted by Gasteiger charge is 2.31. The number of methoxy groups -OCH3 is 1. The minimum Gasteiger partial charge on any atom is -0.493 e. The van der Waals surface area contributed by atoms with Crippen molar-refractivity contribution >= 4 is 52.5 Å². The lowest BCUT2D eigenvalue weighted by molar-refractivity contribution is -0.138. The van der Waals surface area contributed by atoms with Crippen LogP contribution in [0.3, 0.4) is 0 Å². The molecule has 3 rings (SSSR count). The van der Waals surface area contributed by atoms with Gasteiger partial charge in [0.25, 0.3) is 0 Å². The summed E-state index contributed by atoms with van der Waals surface area (Å²) in [5.41, 5.74) is 1.59. The molecule has 1 saturated heterocycles. The van der Waals surface area contributed by atoms with E-state index in [0.717, 1.165) is 11.1 Å². The van der Waals surface area contributed by atoms with Gasteiger partial charge in [-0.3, -0.25) is 10.1 Å². The van der Waals surface area contributed by atoms with Crippen molar-refractivity contribution in [2.45, 2.75) is 18.0 Å². The Kier molecular flexibility index (Phi) is 6.65. The van der Waals surface area contributed by atoms with E-state index in [0.29, 0.717) is 32.3 Å². The number of carboxylic acids is 1. The van der Waals surface area contributed by atoms with Gasteiger partial charge in [0.2, 0.25) is 0 Å². The first-order valence-electron chi connectivity index (χ1n) is 7.93. The number of aliphatic carboxylic acids is 1. The summed E-state index contributed by atoms with van der Waals surface area (Å²) in [6.45, 7) is 0.197. The van der Waals surface area contributed by atoms with Crippen LogP contribution in [0.1, 0.15) is 16.5 Å². The van der Waals surface area contributed by atoms with Crippen LogP contribution in [0.5, 0.6) is 11.5 Å². The van der Waals surface area contributed by atoms with Crippen molar-refractivity contribution in [1.82, 2.24) is 5.32 Å². The van der Waals surface area contributed by atoms with Gasteiger partial charge in [-0.2, -0.15) is 0 Å². The molecule has 0 unspecified atom stereocenters. The van der Waals surface area contributed by atoms with Gasteiger partial charge in [-0.15, -0.1) is 11.8 Å². The van der Waals surface area contributed by atoms with Crippen LogP contribution >= 0.6 is 46.6 Å². The fourth-order valence-electron chi connectivity index (χ4n) is 2.63. The molecule has 0 aromatic heterocycles. The smallest absolute Gasteiger partial charge is 0.321 e. The lowest BCUT2D eigenvalue weighted by atomic mass is 10.1. The molecule has 1 fully saturated rings. The maximum atomic E-state index is 11.1. The van der Waals surface area contributed by atoms with Gasteiger partial charge < -0.3 is 14.6 Å². The van der Waals surface area contributed by atoms with Gasteiger partial charge in [0.05, 0.1) is 17.5 Å². The van der Waals surface area contributed by atoms with Crippen LogP contribution in [-0.4, -0.2) is 30.0 Å². The second-order valence-electron chi connectivity index (χ2n) is 5.83. The van der Waals surface area contributed by atoms with E-state index in [1.165, 1.54) is 18.9 Å². The summed E-state index contributed by atoms with van der Waals surface area (Å²) in [5, 5.41) is 13.4. The molecule has 2 atom stereocenters. The van der Waals surface area contributed by atoms with Gasteiger partial charge in [0.1, 0.15) is 12.6 Å². The summed E-state index contributed by atoms with van der Waals surface area (Å²) in [6, 6.07) is 8.11. The molecule has 2 aromatic rings. The van der Waals surface area contributed by atoms with Crippen molar-refractivity contribution in [1.29, 1.82) is 0 Å². The minimum atomic E-state index is -0.872. The largest absolute Gasteiger partial charge is 0.493 e. The molecule has 9 heteroatoms. The molecule has 144 valence electrons. The number of hydrogen-bond acceptors (Lipinski definition) is 5. The maximum Gasteiger partial charge on any atom is 0.321 e. The Morgan fingerprint density at radius 3 is 2.67 bits per heavy atom. The highest BCUT2D eigenvalue weighted by Crippen LogP contribution is 2.42. The summed E-state index contributed by atoms with van der Waals surface area (Å²) >= 11 is 20.0. The van der Waals surface area contributed by atoms with Crippen molar-refractivity contribution in [3.63, 3.8) is 0 Å². The fourth-order valence-corrected chi connectivity index (χ4v) is 4.58. The number of rotatable bonds is 6. The van der Waals surface area contributed by atoms with Crippen LogP contribution < -0.4 is 14.8 Å². The van der Waals surface area contributed by atoms with Crippen molar-refractivity contribution in [3.8, 4) is 11.5 Å². The molecule has 1 heterocycles. The Bertz CT molecular complexity index is 865. The monoisotopic (exact) mass is 447 g/mol. The molecule has 0 amide bonds. The number of hydrogen-bond donors (Lipinski definition) is 2. The van der Waals surface area contributed by atoms with Crippen LogP contribution in [0.4, 0.5) is 0 Å². The predicted molar refractivity (Wildman–Crippen MR) is 109 cm³/mol. The molecular formula is C18H16Cl3NO4S. The molecule has 0 saturated carbocycles. The standard InChI is InChI=1S/C18H16Cl3NO4S/c1-25-15-5-10(17-22-14(8-27-17)18(23)24)4-13(21)16(15)26-7-9-2-3-11(19)6-12(9)20/h2-6,14,17,22H,7-8H2,1H3,(H,23,24)/t14-,17+/m0/s1. The number of nitrogens with one attached hydrogen (secondary N) is 1. The number of carboxylic acid groups (broad SMARTS) is 1. The number of carbonyl (C=O) groups is 1. The molecule has 27 heavy (non-hydrogen) atoms. The van der Waals surface area contributed by atoms with Gasteiger partial charge in [-0.25, -0.2) is 0 Å². The van der Waals surface area contributed by atoms with Gasteiger partial charge in [-0.1, -0.05) is 40.9 Å². The Hall–Kier alpha value is -1.31. The van der Waals surface area contributed by atoms with E-state index in [2.05, 4.69) is 5.32 Å². The van der Waals surface area contributed by atoms with Crippen molar-refractivity contribution in [2.24, 2.45) is 0 Å². The molecule has 0 bridgehead atoms. The Morgan fingerprint density at radius 2 is 2.04 bits per heavy atom. The average molecular weight is 449 g/mol. The van der Waals surface area contributed by atoms with Crippen LogP contribution in [0.25, 0.3) is 0 Å². The average Bonchev–Trinajstić information content (AvgIpc) is 3.12. The normalized spacial score (nSPS) is 19.1. The summed E-state index contributed by atoms with van der Waals surface area (Å²) in [6.07, 6.45) is 0. The van der Waals surface area contributed by atoms with Gasteiger partial charge in [-0.05, 0) is 29.8 Å². The maximum absolute atomic E-state index is 11.1. The molecule has 2 N–H and O–H groups in total. The number of benzene rings is 2. The van der Waals surface area contributed by atoms with Crippen LogP contribution in [0.15, 0.2) is 30.3 Å². The summed E-state index contributed by atoms with van der Waals surface area (Å²) < 4.78 is 11.3. The Labute approximate surface area is 175 Å². The third-order valence-electron chi connectivity index (χ3n) is 4.02. The van der Waals surface area contributed by atoms with E-state index in [9.17, 15) is 4.79 Å². The SMILES string of the molecule is COc1cc([C@@H]2N[C@H](C(=O)O)CS2)cc(Cl)c1OCc1ccc(Cl)cc1Cl. The van der Waals surface area contributed by atoms with Crippen molar-refractivity contribution in [2.75, 3.05) is 12.9 Å². The summed E-state index contributed by atoms with van der Waals surface area (Å²) in [4.78, 5) is 11.1. The molecule has 2 aromatic carbocycles. The minimum absolute atomic E-state index is 0.183. The molecule has 1 aliphatic heterocycles. The summed E-state index contributed by atoms with van der Waals surface area (Å²) in [5.74, 6) is 0.464. The fraction of sp³-hybridized carbons (Fsp3) is 0.278. The highest BCUT2D eigenvalue weighted by molar-refractivity contribution is 7.99. The number of thioether (sulfide) groups is 1. The van der Waals surface area contributed by atoms with Crippen LogP contribution in [-0.2, 0) is 11.4 Å². The lowest BCUT2D eigenvalue weighted by Gasteiger charge is -2.17. The van der Waals surface area contributed by atoms with E-state index in [1.807, 2.05) is 0 Å². The Morgan fingerprint density at radius 1 is 1.26 bits per heavy atom. The first-order valence-corrected chi connectivity index (χ1v) is 10.1. The second-order valence-corrected chi connectivity index (χ2v) is 8.22. The predicted octanol–water partition coefficient (Wildman–Crippen LogP) is 5.02. The molecule has 1 aliphatic rings. The van der Waals surface area contributed by atoms with E-state index in [4.69, 9.17) is 49.4 Å². The second kappa shape index (κ2) is 8.80. The van der Waals surface area contributed by atoms with Crippen molar-refractivity contribution in [3.05, 3.63) is 56.5 Å². The van der Waals surface area contributed by atoms with E-state index in [1.54, 1.807) is 30.3 Å². The van der Waals surface area contributed by atoms with Crippen molar-refractivity contribution < 1.29 is 19.4 Å². The van der Waals surface area contributed by atoms with E-state index < -0.39 is 12.0 Å². The van der Waals surface area contributed by atoms with Gasteiger partial charge >= 0.3 is 5.97 Å². The zero-order valence-electron chi connectivity index (χ0n) is 14.2. The first-order chi connectivity index (χ1) is 12.9. The van der Waals surface area contributed by atoms with E-state index >= 15 is 0 Å². The molecule has 0 aliphatic carbocycles. The topological polar surface area (TPSA) is 67.8 Å². The Balaban J connectivity index is 1.79. The number of ether oxygens (including phenoxy) is 2. The zero-order chi connectivity index (χ0) is 19.6. The van der Waals surface area contributed by atoms with Crippen LogP contribution in [0.2, 0.25) is 15.1 Å². The number of halogens is 3. The molecule has 5 nitrogen and oxygen atoms in total. The molecule has 0 spiro atoms. The first kappa shape index (κ1) is 20.4. The van der Waals surface area contributed by atoms with E-state index in [-0.39, 0.29) is 12.0 Å². The zero-order valence-corrected chi connectivity index (χ0v) is 17.3. The molecule has 0 radical (unpaired) electrons. The summed E-state index contributed by atoms with van der Waals surface area (Å²) in [7, 11) is 1.52. The quantitative estimate of drug-likeness (QED) is 0.646. The highest BCUT2D eigenvalue weighted by atomic mass is 35.5. The van der Waals surface area contributed by atoms with Crippen LogP contribution in [0, 0.1) is 0 Å². The third kappa shape index (κ3) is 4.76. The van der Waals surface area contributed by atoms with Gasteiger partial charge in [0.15, 0.2) is 11.5 Å². The lowest BCUT2D eigenvalue weighted by Crippen LogP contribution is -2.33. The third-order valence-corrected chi connectivity index (χ3v) is 6.16. The van der Waals surface area contributed by atoms with Gasteiger partial charge in [0, 0.05) is 21.4 Å². The molecular weight excluding hydrogens is 433 g/mol.